The van der Waals surface area contributed by atoms with E-state index in [2.05, 4.69) is 38.1 Å². The molecule has 4 rings (SSSR count). The van der Waals surface area contributed by atoms with E-state index in [4.69, 9.17) is 14.7 Å². The zero-order valence-electron chi connectivity index (χ0n) is 18.5. The highest BCUT2D eigenvalue weighted by molar-refractivity contribution is 14.1. The molecular weight excluding hydrogens is 559 g/mol. The van der Waals surface area contributed by atoms with Gasteiger partial charge in [0.1, 0.15) is 9.87 Å². The molecule has 2 amide bonds. The molecule has 0 spiro atoms. The zero-order valence-corrected chi connectivity index (χ0v) is 21.5. The Morgan fingerprint density at radius 3 is 2.67 bits per heavy atom. The molecule has 1 aromatic heterocycles. The van der Waals surface area contributed by atoms with Gasteiger partial charge in [-0.25, -0.2) is 23.2 Å². The second-order valence-corrected chi connectivity index (χ2v) is 11.3. The van der Waals surface area contributed by atoms with Gasteiger partial charge in [0.15, 0.2) is 5.82 Å². The highest BCUT2D eigenvalue weighted by atomic mass is 127. The van der Waals surface area contributed by atoms with Gasteiger partial charge in [-0.2, -0.15) is 4.31 Å². The monoisotopic (exact) mass is 586 g/mol. The summed E-state index contributed by atoms with van der Waals surface area (Å²) in [5.41, 5.74) is 3.17. The number of carbonyl (C=O) groups is 1. The Kier molecular flexibility index (Phi) is 7.36. The third kappa shape index (κ3) is 5.55. The summed E-state index contributed by atoms with van der Waals surface area (Å²) >= 11 is 2.35. The molecule has 10 nitrogen and oxygen atoms in total. The lowest BCUT2D eigenvalue weighted by Crippen LogP contribution is -2.44. The summed E-state index contributed by atoms with van der Waals surface area (Å²) in [7, 11) is -3.32. The largest absolute Gasteiger partial charge is 0.377 e. The fourth-order valence-corrected chi connectivity index (χ4v) is 5.46. The van der Waals surface area contributed by atoms with Gasteiger partial charge in [-0.1, -0.05) is 22.6 Å². The summed E-state index contributed by atoms with van der Waals surface area (Å²) in [6.45, 7) is 4.96. The van der Waals surface area contributed by atoms with Gasteiger partial charge in [0.25, 0.3) is 0 Å². The summed E-state index contributed by atoms with van der Waals surface area (Å²) in [5.74, 6) is 1.37. The molecule has 2 aliphatic rings. The number of benzene rings is 1. The quantitative estimate of drug-likeness (QED) is 0.314. The first kappa shape index (κ1) is 24.1. The van der Waals surface area contributed by atoms with Crippen LogP contribution >= 0.6 is 22.6 Å². The molecule has 2 aliphatic heterocycles. The molecule has 1 atom stereocenters. The fraction of sp³-hybridized carbons (Fsp3) is 0.476. The number of ether oxygens (including phenoxy) is 1. The van der Waals surface area contributed by atoms with Crippen molar-refractivity contribution in [3.8, 4) is 11.4 Å². The Balaban J connectivity index is 1.71. The average molecular weight is 586 g/mol. The van der Waals surface area contributed by atoms with Crippen molar-refractivity contribution in [1.82, 2.24) is 19.6 Å². The highest BCUT2D eigenvalue weighted by Crippen LogP contribution is 2.33. The Bertz CT molecular complexity index is 1130. The van der Waals surface area contributed by atoms with Crippen molar-refractivity contribution in [3.05, 3.63) is 35.5 Å². The first-order valence-corrected chi connectivity index (χ1v) is 13.8. The van der Waals surface area contributed by atoms with Crippen LogP contribution in [-0.2, 0) is 27.7 Å². The number of sulfonamides is 1. The molecule has 0 unspecified atom stereocenters. The van der Waals surface area contributed by atoms with E-state index < -0.39 is 10.0 Å². The van der Waals surface area contributed by atoms with Gasteiger partial charge in [0.2, 0.25) is 10.0 Å². The molecule has 2 N–H and O–H groups in total. The first-order valence-electron chi connectivity index (χ1n) is 10.7. The number of fused-ring (bicyclic) bond motifs is 1. The van der Waals surface area contributed by atoms with Crippen LogP contribution in [0.3, 0.4) is 0 Å². The molecule has 178 valence electrons. The molecule has 33 heavy (non-hydrogen) atoms. The van der Waals surface area contributed by atoms with Crippen LogP contribution in [0.1, 0.15) is 18.2 Å². The number of urea groups is 1. The summed E-state index contributed by atoms with van der Waals surface area (Å²) in [6, 6.07) is 7.03. The smallest absolute Gasteiger partial charge is 0.319 e. The number of nitrogens with zero attached hydrogens (tertiary/aromatic N) is 4. The lowest BCUT2D eigenvalue weighted by Gasteiger charge is -2.36. The molecule has 1 aromatic carbocycles. The van der Waals surface area contributed by atoms with Gasteiger partial charge in [-0.3, -0.25) is 0 Å². The molecule has 2 aromatic rings. The standard InChI is InChI=1S/C21H27IN6O4S/c1-3-23-21(29)24-15-6-4-14(5-7-15)19-25-17-12-27(33(2,30)31)9-8-16(17)20(26-19)28-10-11-32-13-18(28)22/h4-7,18H,3,8-13H2,1-2H3,(H2,23,24,29)/t18-/m1/s1. The molecule has 12 heteroatoms. The van der Waals surface area contributed by atoms with Gasteiger partial charge < -0.3 is 20.3 Å². The maximum Gasteiger partial charge on any atom is 0.319 e. The number of morpholine rings is 1. The molecule has 0 bridgehead atoms. The minimum Gasteiger partial charge on any atom is -0.377 e. The molecule has 0 aliphatic carbocycles. The van der Waals surface area contributed by atoms with Crippen LogP contribution in [0.5, 0.6) is 0 Å². The van der Waals surface area contributed by atoms with Gasteiger partial charge in [0.05, 0.1) is 31.7 Å². The van der Waals surface area contributed by atoms with Crippen LogP contribution in [0.25, 0.3) is 11.4 Å². The molecule has 1 fully saturated rings. The normalized spacial score (nSPS) is 19.1. The van der Waals surface area contributed by atoms with Crippen molar-refractivity contribution < 1.29 is 17.9 Å². The van der Waals surface area contributed by atoms with Crippen LogP contribution in [0, 0.1) is 0 Å². The lowest BCUT2D eigenvalue weighted by atomic mass is 10.1. The Hall–Kier alpha value is -2.03. The van der Waals surface area contributed by atoms with Crippen LogP contribution in [0.4, 0.5) is 16.3 Å². The minimum atomic E-state index is -3.32. The van der Waals surface area contributed by atoms with E-state index in [1.807, 2.05) is 19.1 Å². The fourth-order valence-electron chi connectivity index (χ4n) is 3.89. The van der Waals surface area contributed by atoms with E-state index in [0.717, 1.165) is 22.6 Å². The number of hydrogen-bond acceptors (Lipinski definition) is 7. The molecule has 0 radical (unpaired) electrons. The van der Waals surface area contributed by atoms with Crippen molar-refractivity contribution >= 4 is 50.2 Å². The van der Waals surface area contributed by atoms with Gasteiger partial charge >= 0.3 is 6.03 Å². The highest BCUT2D eigenvalue weighted by Gasteiger charge is 2.31. The second-order valence-electron chi connectivity index (χ2n) is 7.91. The average Bonchev–Trinajstić information content (AvgIpc) is 2.78. The van der Waals surface area contributed by atoms with Crippen molar-refractivity contribution in [3.63, 3.8) is 0 Å². The van der Waals surface area contributed by atoms with Crippen LogP contribution in [-0.4, -0.2) is 71.9 Å². The summed E-state index contributed by atoms with van der Waals surface area (Å²) in [4.78, 5) is 23.7. The molecular formula is C21H27IN6O4S. The summed E-state index contributed by atoms with van der Waals surface area (Å²) in [5, 5.41) is 5.47. The van der Waals surface area contributed by atoms with Gasteiger partial charge in [-0.05, 0) is 37.6 Å². The topological polar surface area (TPSA) is 117 Å². The zero-order chi connectivity index (χ0) is 23.6. The minimum absolute atomic E-state index is 0.125. The van der Waals surface area contributed by atoms with Crippen molar-refractivity contribution in [1.29, 1.82) is 0 Å². The number of carbonyl (C=O) groups excluding carboxylic acids is 1. The van der Waals surface area contributed by atoms with Gasteiger partial charge in [-0.15, -0.1) is 0 Å². The lowest BCUT2D eigenvalue weighted by molar-refractivity contribution is 0.118. The van der Waals surface area contributed by atoms with Crippen molar-refractivity contribution in [2.45, 2.75) is 23.9 Å². The van der Waals surface area contributed by atoms with Crippen LogP contribution in [0.15, 0.2) is 24.3 Å². The number of aromatic nitrogens is 2. The number of anilines is 2. The van der Waals surface area contributed by atoms with Gasteiger partial charge in [0, 0.05) is 36.4 Å². The van der Waals surface area contributed by atoms with Crippen molar-refractivity contribution in [2.24, 2.45) is 0 Å². The number of rotatable bonds is 5. The number of amides is 2. The first-order chi connectivity index (χ1) is 15.8. The predicted molar refractivity (Wildman–Crippen MR) is 135 cm³/mol. The second kappa shape index (κ2) is 10.1. The third-order valence-corrected chi connectivity index (χ3v) is 7.84. The summed E-state index contributed by atoms with van der Waals surface area (Å²) < 4.78 is 31.5. The number of hydrogen-bond donors (Lipinski definition) is 2. The van der Waals surface area contributed by atoms with Crippen LogP contribution < -0.4 is 15.5 Å². The van der Waals surface area contributed by atoms with E-state index in [1.54, 1.807) is 12.1 Å². The predicted octanol–water partition coefficient (Wildman–Crippen LogP) is 2.20. The number of alkyl halides is 1. The summed E-state index contributed by atoms with van der Waals surface area (Å²) in [6.07, 6.45) is 1.79. The maximum absolute atomic E-state index is 12.2. The number of nitrogens with one attached hydrogen (secondary N) is 2. The van der Waals surface area contributed by atoms with E-state index in [1.165, 1.54) is 10.6 Å². The Labute approximate surface area is 207 Å². The van der Waals surface area contributed by atoms with E-state index in [0.29, 0.717) is 50.8 Å². The Morgan fingerprint density at radius 2 is 2.00 bits per heavy atom. The van der Waals surface area contributed by atoms with Crippen LogP contribution in [0.2, 0.25) is 0 Å². The molecule has 3 heterocycles. The maximum atomic E-state index is 12.2. The van der Waals surface area contributed by atoms with E-state index in [9.17, 15) is 13.2 Å². The van der Waals surface area contributed by atoms with E-state index >= 15 is 0 Å². The molecule has 1 saturated heterocycles. The van der Waals surface area contributed by atoms with E-state index in [-0.39, 0.29) is 16.6 Å². The number of halogens is 1. The molecule has 0 saturated carbocycles. The SMILES string of the molecule is CCNC(=O)Nc1ccc(-c2nc3c(c(N4CCOC[C@@H]4I)n2)CCN(S(C)(=O)=O)C3)cc1. The third-order valence-electron chi connectivity index (χ3n) is 5.56. The Morgan fingerprint density at radius 1 is 1.24 bits per heavy atom. The van der Waals surface area contributed by atoms with Crippen molar-refractivity contribution in [2.75, 3.05) is 49.3 Å².